The zero-order chi connectivity index (χ0) is 6.41. The molecule has 0 atom stereocenters. The average Bonchev–Trinajstić information content (AvgIpc) is 1.66. The molecule has 0 heterocycles. The fraction of sp³-hybridized carbons (Fsp3) is 0.400. The van der Waals surface area contributed by atoms with Gasteiger partial charge in [-0.1, -0.05) is 12.2 Å². The van der Waals surface area contributed by atoms with Crippen LogP contribution in [0.1, 0.15) is 6.42 Å². The van der Waals surface area contributed by atoms with Gasteiger partial charge in [0.05, 0.1) is 6.42 Å². The van der Waals surface area contributed by atoms with Crippen molar-refractivity contribution in [2.75, 3.05) is 6.54 Å². The molecule has 3 N–H and O–H groups in total. The quantitative estimate of drug-likeness (QED) is 0.574. The van der Waals surface area contributed by atoms with Gasteiger partial charge in [0.1, 0.15) is 0 Å². The molecule has 0 aromatic rings. The van der Waals surface area contributed by atoms with E-state index in [1.165, 1.54) is 6.08 Å². The summed E-state index contributed by atoms with van der Waals surface area (Å²) in [5.74, 6) is -0.824. The van der Waals surface area contributed by atoms with Gasteiger partial charge in [-0.05, 0) is 0 Å². The van der Waals surface area contributed by atoms with Crippen molar-refractivity contribution in [2.45, 2.75) is 6.42 Å². The lowest BCUT2D eigenvalue weighted by Crippen LogP contribution is -1.94. The minimum absolute atomic E-state index is 0. The predicted molar refractivity (Wildman–Crippen MR) is 37.7 cm³/mol. The Labute approximate surface area is 60.0 Å². The second-order valence-corrected chi connectivity index (χ2v) is 1.30. The van der Waals surface area contributed by atoms with Crippen LogP contribution in [0.4, 0.5) is 0 Å². The summed E-state index contributed by atoms with van der Waals surface area (Å²) in [7, 11) is 0. The molecule has 0 aromatic heterocycles. The maximum absolute atomic E-state index is 9.78. The lowest BCUT2D eigenvalue weighted by molar-refractivity contribution is -0.136. The van der Waals surface area contributed by atoms with E-state index in [2.05, 4.69) is 0 Å². The molecule has 0 unspecified atom stereocenters. The molecular formula is C5H10ClNO2. The summed E-state index contributed by atoms with van der Waals surface area (Å²) in [5, 5.41) is 8.05. The van der Waals surface area contributed by atoms with Crippen molar-refractivity contribution in [2.24, 2.45) is 5.73 Å². The first-order valence-corrected chi connectivity index (χ1v) is 2.34. The Morgan fingerprint density at radius 3 is 2.44 bits per heavy atom. The smallest absolute Gasteiger partial charge is 0.307 e. The third-order valence-electron chi connectivity index (χ3n) is 0.595. The van der Waals surface area contributed by atoms with Gasteiger partial charge in [-0.2, -0.15) is 0 Å². The van der Waals surface area contributed by atoms with Crippen LogP contribution >= 0.6 is 12.4 Å². The zero-order valence-corrected chi connectivity index (χ0v) is 5.73. The Morgan fingerprint density at radius 1 is 1.56 bits per heavy atom. The van der Waals surface area contributed by atoms with Crippen molar-refractivity contribution in [1.29, 1.82) is 0 Å². The van der Waals surface area contributed by atoms with E-state index < -0.39 is 5.97 Å². The van der Waals surface area contributed by atoms with E-state index in [0.717, 1.165) is 0 Å². The summed E-state index contributed by atoms with van der Waals surface area (Å²) >= 11 is 0. The highest BCUT2D eigenvalue weighted by Gasteiger charge is 1.86. The normalized spacial score (nSPS) is 9.00. The van der Waals surface area contributed by atoms with Gasteiger partial charge in [-0.25, -0.2) is 0 Å². The maximum Gasteiger partial charge on any atom is 0.307 e. The molecular weight excluding hydrogens is 142 g/mol. The molecule has 0 aliphatic rings. The van der Waals surface area contributed by atoms with Crippen LogP contribution in [-0.2, 0) is 4.79 Å². The van der Waals surface area contributed by atoms with Crippen molar-refractivity contribution in [3.05, 3.63) is 12.2 Å². The van der Waals surface area contributed by atoms with Crippen molar-refractivity contribution >= 4 is 18.4 Å². The van der Waals surface area contributed by atoms with Gasteiger partial charge in [0.15, 0.2) is 0 Å². The van der Waals surface area contributed by atoms with Gasteiger partial charge in [-0.15, -0.1) is 12.4 Å². The van der Waals surface area contributed by atoms with Crippen LogP contribution in [0, 0.1) is 0 Å². The molecule has 0 aromatic carbocycles. The first-order valence-electron chi connectivity index (χ1n) is 2.34. The van der Waals surface area contributed by atoms with Crippen LogP contribution in [-0.4, -0.2) is 17.6 Å². The first-order chi connectivity index (χ1) is 3.77. The summed E-state index contributed by atoms with van der Waals surface area (Å²) in [6.45, 7) is 0.410. The number of carboxylic acid groups (broad SMARTS) is 1. The van der Waals surface area contributed by atoms with Gasteiger partial charge >= 0.3 is 5.97 Å². The van der Waals surface area contributed by atoms with E-state index in [9.17, 15) is 4.79 Å². The molecule has 0 aliphatic heterocycles. The monoisotopic (exact) mass is 151 g/mol. The second-order valence-electron chi connectivity index (χ2n) is 1.30. The fourth-order valence-corrected chi connectivity index (χ4v) is 0.280. The molecule has 0 radical (unpaired) electrons. The second kappa shape index (κ2) is 7.46. The van der Waals surface area contributed by atoms with Gasteiger partial charge in [0, 0.05) is 6.54 Å². The number of hydrogen-bond acceptors (Lipinski definition) is 2. The largest absolute Gasteiger partial charge is 0.481 e. The summed E-state index contributed by atoms with van der Waals surface area (Å²) in [5.41, 5.74) is 5.03. The lowest BCUT2D eigenvalue weighted by atomic mass is 10.4. The number of carbonyl (C=O) groups is 1. The Kier molecular flexibility index (Phi) is 9.35. The van der Waals surface area contributed by atoms with E-state index in [1.54, 1.807) is 6.08 Å². The van der Waals surface area contributed by atoms with Crippen LogP contribution in [0.3, 0.4) is 0 Å². The highest BCUT2D eigenvalue weighted by molar-refractivity contribution is 5.85. The highest BCUT2D eigenvalue weighted by Crippen LogP contribution is 1.79. The number of aliphatic carboxylic acids is 1. The molecule has 0 spiro atoms. The topological polar surface area (TPSA) is 63.3 Å². The van der Waals surface area contributed by atoms with Crippen molar-refractivity contribution in [3.63, 3.8) is 0 Å². The molecule has 3 nitrogen and oxygen atoms in total. The fourth-order valence-electron chi connectivity index (χ4n) is 0.280. The average molecular weight is 152 g/mol. The van der Waals surface area contributed by atoms with E-state index in [1.807, 2.05) is 0 Å². The number of halogens is 1. The molecule has 9 heavy (non-hydrogen) atoms. The Bertz CT molecular complexity index is 103. The van der Waals surface area contributed by atoms with Gasteiger partial charge in [-0.3, -0.25) is 4.79 Å². The standard InChI is InChI=1S/C5H9NO2.ClH/c6-4-2-1-3-5(7)8;/h1-2H,3-4,6H2,(H,7,8);1H/b2-1-;. The molecule has 0 aliphatic carbocycles. The van der Waals surface area contributed by atoms with Crippen LogP contribution in [0.5, 0.6) is 0 Å². The zero-order valence-electron chi connectivity index (χ0n) is 4.91. The molecule has 0 saturated carbocycles. The summed E-state index contributed by atoms with van der Waals surface area (Å²) in [6.07, 6.45) is 3.22. The van der Waals surface area contributed by atoms with Crippen molar-refractivity contribution in [3.8, 4) is 0 Å². The van der Waals surface area contributed by atoms with Crippen LogP contribution < -0.4 is 5.73 Å². The van der Waals surface area contributed by atoms with E-state index in [-0.39, 0.29) is 18.8 Å². The summed E-state index contributed by atoms with van der Waals surface area (Å²) in [4.78, 5) is 9.78. The third kappa shape index (κ3) is 11.2. The number of carboxylic acids is 1. The van der Waals surface area contributed by atoms with Gasteiger partial charge < -0.3 is 10.8 Å². The van der Waals surface area contributed by atoms with Crippen LogP contribution in [0.25, 0.3) is 0 Å². The van der Waals surface area contributed by atoms with E-state index >= 15 is 0 Å². The molecule has 54 valence electrons. The van der Waals surface area contributed by atoms with Crippen LogP contribution in [0.2, 0.25) is 0 Å². The Balaban J connectivity index is 0. The van der Waals surface area contributed by atoms with E-state index in [4.69, 9.17) is 10.8 Å². The number of hydrogen-bond donors (Lipinski definition) is 2. The van der Waals surface area contributed by atoms with Crippen molar-refractivity contribution < 1.29 is 9.90 Å². The molecule has 0 fully saturated rings. The minimum Gasteiger partial charge on any atom is -0.481 e. The molecule has 4 heteroatoms. The summed E-state index contributed by atoms with van der Waals surface area (Å²) < 4.78 is 0. The molecule has 0 bridgehead atoms. The first kappa shape index (κ1) is 11.3. The minimum atomic E-state index is -0.824. The van der Waals surface area contributed by atoms with Crippen LogP contribution in [0.15, 0.2) is 12.2 Å². The molecule has 0 amide bonds. The van der Waals surface area contributed by atoms with E-state index in [0.29, 0.717) is 6.54 Å². The predicted octanol–water partition coefficient (Wildman–Crippen LogP) is 0.398. The summed E-state index contributed by atoms with van der Waals surface area (Å²) in [6, 6.07) is 0. The Morgan fingerprint density at radius 2 is 2.11 bits per heavy atom. The number of rotatable bonds is 3. The molecule has 0 saturated heterocycles. The van der Waals surface area contributed by atoms with Crippen molar-refractivity contribution in [1.82, 2.24) is 0 Å². The van der Waals surface area contributed by atoms with Gasteiger partial charge in [0.2, 0.25) is 0 Å². The highest BCUT2D eigenvalue weighted by atomic mass is 35.5. The SMILES string of the molecule is Cl.NC/C=C\CC(=O)O. The lowest BCUT2D eigenvalue weighted by Gasteiger charge is -1.80. The third-order valence-corrected chi connectivity index (χ3v) is 0.595. The number of nitrogens with two attached hydrogens (primary N) is 1. The Hall–Kier alpha value is -0.540. The maximum atomic E-state index is 9.78. The van der Waals surface area contributed by atoms with Gasteiger partial charge in [0.25, 0.3) is 0 Å². The molecule has 0 rings (SSSR count).